The number of aromatic amines is 1. The molecule has 11 heteroatoms. The van der Waals surface area contributed by atoms with Crippen LogP contribution in [0.5, 0.6) is 5.88 Å². The summed E-state index contributed by atoms with van der Waals surface area (Å²) >= 11 is 0. The maximum Gasteiger partial charge on any atom is 0.490 e. The number of methoxy groups -OCH3 is 1. The van der Waals surface area contributed by atoms with Crippen LogP contribution in [0.4, 0.5) is 13.2 Å². The van der Waals surface area contributed by atoms with Crippen LogP contribution in [0.3, 0.4) is 0 Å². The average Bonchev–Trinajstić information content (AvgIpc) is 3.20. The second-order valence-corrected chi connectivity index (χ2v) is 6.40. The van der Waals surface area contributed by atoms with Crippen molar-refractivity contribution in [2.75, 3.05) is 13.7 Å². The number of pyridine rings is 2. The number of carboxylic acid groups (broad SMARTS) is 1. The fourth-order valence-electron chi connectivity index (χ4n) is 2.86. The molecule has 1 aliphatic rings. The molecule has 0 atom stereocenters. The van der Waals surface area contributed by atoms with Crippen molar-refractivity contribution >= 4 is 11.9 Å². The minimum Gasteiger partial charge on any atom is -0.481 e. The molecule has 0 unspecified atom stereocenters. The Balaban J connectivity index is 0.000000339. The summed E-state index contributed by atoms with van der Waals surface area (Å²) in [4.78, 5) is 32.8. The van der Waals surface area contributed by atoms with E-state index in [4.69, 9.17) is 14.6 Å². The lowest BCUT2D eigenvalue weighted by Gasteiger charge is -2.10. The van der Waals surface area contributed by atoms with Crippen molar-refractivity contribution < 1.29 is 32.6 Å². The largest absolute Gasteiger partial charge is 0.490 e. The molecule has 1 aliphatic heterocycles. The van der Waals surface area contributed by atoms with E-state index in [-0.39, 0.29) is 5.91 Å². The maximum atomic E-state index is 11.9. The third-order valence-corrected chi connectivity index (χ3v) is 4.36. The highest BCUT2D eigenvalue weighted by molar-refractivity contribution is 5.97. The number of aromatic nitrogens is 3. The molecule has 31 heavy (non-hydrogen) atoms. The Hall–Kier alpha value is -3.89. The molecule has 1 amide bonds. The SMILES string of the molecule is COc1ccc(-c2cc(-c3cc4c([nH]3)CCNC4=O)ccn2)cn1.O=C(O)C(F)(F)F. The number of ether oxygens (including phenoxy) is 1. The smallest absolute Gasteiger partial charge is 0.481 e. The number of alkyl halides is 3. The van der Waals surface area contributed by atoms with Gasteiger partial charge in [-0.25, -0.2) is 9.78 Å². The Kier molecular flexibility index (Phi) is 6.23. The molecule has 3 N–H and O–H groups in total. The lowest BCUT2D eigenvalue weighted by molar-refractivity contribution is -0.192. The monoisotopic (exact) mass is 434 g/mol. The second-order valence-electron chi connectivity index (χ2n) is 6.40. The highest BCUT2D eigenvalue weighted by Crippen LogP contribution is 2.27. The van der Waals surface area contributed by atoms with Crippen LogP contribution in [0, 0.1) is 0 Å². The van der Waals surface area contributed by atoms with E-state index in [1.807, 2.05) is 24.3 Å². The van der Waals surface area contributed by atoms with Crippen molar-refractivity contribution in [2.24, 2.45) is 0 Å². The van der Waals surface area contributed by atoms with Crippen LogP contribution in [-0.4, -0.2) is 51.8 Å². The zero-order chi connectivity index (χ0) is 22.6. The molecule has 8 nitrogen and oxygen atoms in total. The average molecular weight is 434 g/mol. The van der Waals surface area contributed by atoms with E-state index in [1.54, 1.807) is 25.6 Å². The first-order valence-corrected chi connectivity index (χ1v) is 8.96. The number of amides is 1. The predicted molar refractivity (Wildman–Crippen MR) is 104 cm³/mol. The lowest BCUT2D eigenvalue weighted by atomic mass is 10.1. The van der Waals surface area contributed by atoms with E-state index in [2.05, 4.69) is 20.3 Å². The number of aliphatic carboxylic acids is 1. The van der Waals surface area contributed by atoms with E-state index >= 15 is 0 Å². The molecular formula is C20H17F3N4O4. The Bertz CT molecular complexity index is 1090. The summed E-state index contributed by atoms with van der Waals surface area (Å²) in [5.74, 6) is -2.21. The van der Waals surface area contributed by atoms with Crippen LogP contribution in [-0.2, 0) is 11.2 Å². The van der Waals surface area contributed by atoms with Gasteiger partial charge in [-0.2, -0.15) is 13.2 Å². The Morgan fingerprint density at radius 3 is 2.48 bits per heavy atom. The molecule has 3 aromatic heterocycles. The standard InChI is InChI=1S/C18H16N4O2.C2HF3O2/c1-24-17-3-2-12(10-21-17)15-8-11(4-6-19-15)16-9-13-14(22-16)5-7-20-18(13)23;3-2(4,5)1(6)7/h2-4,6,8-10,22H,5,7H2,1H3,(H,20,23);(H,6,7). The highest BCUT2D eigenvalue weighted by Gasteiger charge is 2.38. The van der Waals surface area contributed by atoms with Crippen molar-refractivity contribution in [3.8, 4) is 28.4 Å². The van der Waals surface area contributed by atoms with Gasteiger partial charge in [-0.3, -0.25) is 9.78 Å². The van der Waals surface area contributed by atoms with Crippen molar-refractivity contribution in [1.29, 1.82) is 0 Å². The summed E-state index contributed by atoms with van der Waals surface area (Å²) in [7, 11) is 1.59. The summed E-state index contributed by atoms with van der Waals surface area (Å²) in [6, 6.07) is 9.54. The first kappa shape index (κ1) is 21.8. The maximum absolute atomic E-state index is 11.9. The number of H-pyrrole nitrogens is 1. The number of halogens is 3. The van der Waals surface area contributed by atoms with Crippen molar-refractivity contribution in [1.82, 2.24) is 20.3 Å². The second kappa shape index (κ2) is 8.86. The van der Waals surface area contributed by atoms with Crippen LogP contribution in [0.15, 0.2) is 42.7 Å². The van der Waals surface area contributed by atoms with E-state index in [9.17, 15) is 18.0 Å². The molecule has 3 aromatic rings. The van der Waals surface area contributed by atoms with E-state index in [0.29, 0.717) is 12.4 Å². The zero-order valence-electron chi connectivity index (χ0n) is 16.2. The summed E-state index contributed by atoms with van der Waals surface area (Å²) < 4.78 is 36.8. The highest BCUT2D eigenvalue weighted by atomic mass is 19.4. The fraction of sp³-hybridized carbons (Fsp3) is 0.200. The van der Waals surface area contributed by atoms with Crippen molar-refractivity contribution in [2.45, 2.75) is 12.6 Å². The first-order valence-electron chi connectivity index (χ1n) is 8.96. The molecule has 0 fully saturated rings. The number of carbonyl (C=O) groups excluding carboxylic acids is 1. The summed E-state index contributed by atoms with van der Waals surface area (Å²) in [6.45, 7) is 0.672. The van der Waals surface area contributed by atoms with Gasteiger partial charge in [-0.05, 0) is 24.3 Å². The molecule has 0 aliphatic carbocycles. The van der Waals surface area contributed by atoms with Gasteiger partial charge in [-0.15, -0.1) is 0 Å². The fourth-order valence-corrected chi connectivity index (χ4v) is 2.86. The third kappa shape index (κ3) is 5.18. The first-order chi connectivity index (χ1) is 14.7. The quantitative estimate of drug-likeness (QED) is 0.583. The zero-order valence-corrected chi connectivity index (χ0v) is 16.2. The lowest BCUT2D eigenvalue weighted by Crippen LogP contribution is -2.31. The van der Waals surface area contributed by atoms with Gasteiger partial charge in [0.15, 0.2) is 0 Å². The normalized spacial score (nSPS) is 12.8. The number of rotatable bonds is 3. The van der Waals surface area contributed by atoms with E-state index in [1.165, 1.54) is 0 Å². The van der Waals surface area contributed by atoms with Crippen molar-refractivity contribution in [3.63, 3.8) is 0 Å². The molecule has 0 aromatic carbocycles. The minimum atomic E-state index is -5.08. The van der Waals surface area contributed by atoms with Gasteiger partial charge < -0.3 is 20.1 Å². The van der Waals surface area contributed by atoms with E-state index in [0.717, 1.165) is 40.2 Å². The van der Waals surface area contributed by atoms with Crippen LogP contribution >= 0.6 is 0 Å². The Labute approximate surface area is 174 Å². The number of nitrogens with one attached hydrogen (secondary N) is 2. The number of nitrogens with zero attached hydrogens (tertiary/aromatic N) is 2. The third-order valence-electron chi connectivity index (χ3n) is 4.36. The summed E-state index contributed by atoms with van der Waals surface area (Å²) in [6.07, 6.45) is -0.770. The van der Waals surface area contributed by atoms with Gasteiger partial charge in [0.25, 0.3) is 5.91 Å². The number of carbonyl (C=O) groups is 2. The predicted octanol–water partition coefficient (Wildman–Crippen LogP) is 3.07. The van der Waals surface area contributed by atoms with Gasteiger partial charge in [-0.1, -0.05) is 0 Å². The Morgan fingerprint density at radius 2 is 1.90 bits per heavy atom. The topological polar surface area (TPSA) is 117 Å². The molecule has 0 saturated heterocycles. The number of hydrogen-bond donors (Lipinski definition) is 3. The number of fused-ring (bicyclic) bond motifs is 1. The molecular weight excluding hydrogens is 417 g/mol. The van der Waals surface area contributed by atoms with Gasteiger partial charge in [0, 0.05) is 53.9 Å². The van der Waals surface area contributed by atoms with Gasteiger partial charge in [0.1, 0.15) is 0 Å². The molecule has 162 valence electrons. The molecule has 0 radical (unpaired) electrons. The molecule has 4 heterocycles. The summed E-state index contributed by atoms with van der Waals surface area (Å²) in [5.41, 5.74) is 5.34. The number of hydrogen-bond acceptors (Lipinski definition) is 5. The summed E-state index contributed by atoms with van der Waals surface area (Å²) in [5, 5.41) is 9.98. The minimum absolute atomic E-state index is 0.0209. The molecule has 4 rings (SSSR count). The van der Waals surface area contributed by atoms with Crippen LogP contribution in [0.2, 0.25) is 0 Å². The van der Waals surface area contributed by atoms with Crippen molar-refractivity contribution in [3.05, 3.63) is 54.0 Å². The van der Waals surface area contributed by atoms with Crippen LogP contribution in [0.1, 0.15) is 16.1 Å². The number of carboxylic acids is 1. The van der Waals surface area contributed by atoms with Gasteiger partial charge in [0.05, 0.1) is 18.4 Å². The van der Waals surface area contributed by atoms with Crippen LogP contribution in [0.25, 0.3) is 22.5 Å². The molecule has 0 bridgehead atoms. The van der Waals surface area contributed by atoms with Crippen LogP contribution < -0.4 is 10.1 Å². The molecule has 0 saturated carbocycles. The van der Waals surface area contributed by atoms with Gasteiger partial charge >= 0.3 is 12.1 Å². The van der Waals surface area contributed by atoms with Gasteiger partial charge in [0.2, 0.25) is 5.88 Å². The molecule has 0 spiro atoms. The Morgan fingerprint density at radius 1 is 1.16 bits per heavy atom. The van der Waals surface area contributed by atoms with E-state index < -0.39 is 12.1 Å².